The van der Waals surface area contributed by atoms with Crippen molar-refractivity contribution in [1.29, 1.82) is 0 Å². The monoisotopic (exact) mass is 240 g/mol. The van der Waals surface area contributed by atoms with Crippen LogP contribution >= 0.6 is 11.6 Å². The lowest BCUT2D eigenvalue weighted by molar-refractivity contribution is 0.166. The van der Waals surface area contributed by atoms with Gasteiger partial charge in [0.25, 0.3) is 0 Å². The number of halogens is 1. The minimum atomic E-state index is 0.498. The maximum Gasteiger partial charge on any atom is 0.0452 e. The molecule has 1 aromatic carbocycles. The van der Waals surface area contributed by atoms with Crippen molar-refractivity contribution in [2.24, 2.45) is 0 Å². The van der Waals surface area contributed by atoms with Crippen molar-refractivity contribution >= 4 is 17.3 Å². The highest BCUT2D eigenvalue weighted by atomic mass is 35.5. The number of hydrogen-bond acceptors (Lipinski definition) is 2. The maximum atomic E-state index is 6.17. The molecule has 1 aromatic rings. The van der Waals surface area contributed by atoms with E-state index in [0.29, 0.717) is 12.1 Å². The first-order chi connectivity index (χ1) is 7.41. The summed E-state index contributed by atoms with van der Waals surface area (Å²) in [6, 6.07) is 6.65. The Bertz CT molecular complexity index is 340. The van der Waals surface area contributed by atoms with Gasteiger partial charge in [0.1, 0.15) is 0 Å². The maximum absolute atomic E-state index is 6.17. The molecule has 3 heteroatoms. The van der Waals surface area contributed by atoms with E-state index in [2.05, 4.69) is 32.6 Å². The van der Waals surface area contributed by atoms with Gasteiger partial charge in [0.2, 0.25) is 0 Å². The third-order valence-electron chi connectivity index (χ3n) is 2.75. The molecule has 0 saturated heterocycles. The van der Waals surface area contributed by atoms with E-state index < -0.39 is 0 Å². The first kappa shape index (κ1) is 13.3. The fourth-order valence-electron chi connectivity index (χ4n) is 1.87. The van der Waals surface area contributed by atoms with Crippen LogP contribution in [0.5, 0.6) is 0 Å². The predicted octanol–water partition coefficient (Wildman–Crippen LogP) is 3.54. The zero-order valence-electron chi connectivity index (χ0n) is 10.5. The van der Waals surface area contributed by atoms with Crippen LogP contribution in [0, 0.1) is 0 Å². The molecule has 0 aliphatic carbocycles. The van der Waals surface area contributed by atoms with Crippen LogP contribution < -0.4 is 5.73 Å². The first-order valence-electron chi connectivity index (χ1n) is 5.71. The average Bonchev–Trinajstić information content (AvgIpc) is 2.18. The van der Waals surface area contributed by atoms with Gasteiger partial charge in [-0.1, -0.05) is 11.6 Å². The third kappa shape index (κ3) is 3.39. The van der Waals surface area contributed by atoms with Gasteiger partial charge in [-0.3, -0.25) is 4.90 Å². The summed E-state index contributed by atoms with van der Waals surface area (Å²) in [6.45, 7) is 9.63. The Morgan fingerprint density at radius 2 is 1.75 bits per heavy atom. The lowest BCUT2D eigenvalue weighted by Crippen LogP contribution is -2.36. The molecular weight excluding hydrogens is 220 g/mol. The number of hydrogen-bond donors (Lipinski definition) is 1. The Balaban J connectivity index is 2.89. The Morgan fingerprint density at radius 3 is 2.25 bits per heavy atom. The van der Waals surface area contributed by atoms with E-state index in [9.17, 15) is 0 Å². The quantitative estimate of drug-likeness (QED) is 0.816. The molecule has 16 heavy (non-hydrogen) atoms. The van der Waals surface area contributed by atoms with Gasteiger partial charge in [-0.2, -0.15) is 0 Å². The lowest BCUT2D eigenvalue weighted by Gasteiger charge is -2.30. The van der Waals surface area contributed by atoms with E-state index >= 15 is 0 Å². The van der Waals surface area contributed by atoms with Gasteiger partial charge in [0.15, 0.2) is 0 Å². The largest absolute Gasteiger partial charge is 0.399 e. The molecule has 2 nitrogen and oxygen atoms in total. The van der Waals surface area contributed by atoms with Gasteiger partial charge < -0.3 is 5.73 Å². The summed E-state index contributed by atoms with van der Waals surface area (Å²) in [4.78, 5) is 2.39. The summed E-state index contributed by atoms with van der Waals surface area (Å²) in [6.07, 6.45) is 0. The zero-order valence-corrected chi connectivity index (χ0v) is 11.3. The number of benzene rings is 1. The summed E-state index contributed by atoms with van der Waals surface area (Å²) >= 11 is 6.17. The van der Waals surface area contributed by atoms with Crippen molar-refractivity contribution in [3.05, 3.63) is 28.8 Å². The first-order valence-corrected chi connectivity index (χ1v) is 6.09. The second-order valence-electron chi connectivity index (χ2n) is 4.71. The summed E-state index contributed by atoms with van der Waals surface area (Å²) < 4.78 is 0. The van der Waals surface area contributed by atoms with E-state index in [1.54, 1.807) is 0 Å². The fourth-order valence-corrected chi connectivity index (χ4v) is 2.05. The number of nitrogen functional groups attached to an aromatic ring is 1. The standard InChI is InChI=1S/C13H21ClN2/c1-9(2)16(10(3)4)8-11-7-12(15)5-6-13(11)14/h5-7,9-10H,8,15H2,1-4H3. The molecule has 2 N–H and O–H groups in total. The fraction of sp³-hybridized carbons (Fsp3) is 0.538. The van der Waals surface area contributed by atoms with Crippen LogP contribution in [0.2, 0.25) is 5.02 Å². The summed E-state index contributed by atoms with van der Waals surface area (Å²) in [5.41, 5.74) is 7.65. The lowest BCUT2D eigenvalue weighted by atomic mass is 10.1. The molecule has 0 radical (unpaired) electrons. The molecule has 0 amide bonds. The van der Waals surface area contributed by atoms with Crippen molar-refractivity contribution in [3.8, 4) is 0 Å². The van der Waals surface area contributed by atoms with Gasteiger partial charge in [0.05, 0.1) is 0 Å². The SMILES string of the molecule is CC(C)N(Cc1cc(N)ccc1Cl)C(C)C. The number of anilines is 1. The highest BCUT2D eigenvalue weighted by Crippen LogP contribution is 2.22. The normalized spacial score (nSPS) is 11.8. The number of rotatable bonds is 4. The van der Waals surface area contributed by atoms with E-state index in [4.69, 9.17) is 17.3 Å². The van der Waals surface area contributed by atoms with Gasteiger partial charge in [-0.05, 0) is 51.5 Å². The molecule has 1 rings (SSSR count). The molecule has 0 spiro atoms. The van der Waals surface area contributed by atoms with Gasteiger partial charge in [-0.15, -0.1) is 0 Å². The Kier molecular flexibility index (Phi) is 4.63. The molecule has 0 aromatic heterocycles. The average molecular weight is 241 g/mol. The van der Waals surface area contributed by atoms with Gasteiger partial charge >= 0.3 is 0 Å². The molecule has 0 unspecified atom stereocenters. The molecule has 0 fully saturated rings. The van der Waals surface area contributed by atoms with Crippen molar-refractivity contribution < 1.29 is 0 Å². The molecule has 0 saturated carbocycles. The minimum Gasteiger partial charge on any atom is -0.399 e. The van der Waals surface area contributed by atoms with Crippen LogP contribution in [0.25, 0.3) is 0 Å². The molecule has 0 aliphatic heterocycles. The van der Waals surface area contributed by atoms with Crippen LogP contribution in [0.4, 0.5) is 5.69 Å². The molecule has 90 valence electrons. The summed E-state index contributed by atoms with van der Waals surface area (Å²) in [5, 5.41) is 0.792. The van der Waals surface area contributed by atoms with Gasteiger partial charge in [0, 0.05) is 29.3 Å². The molecule has 0 heterocycles. The highest BCUT2D eigenvalue weighted by molar-refractivity contribution is 6.31. The highest BCUT2D eigenvalue weighted by Gasteiger charge is 2.15. The Hall–Kier alpha value is -0.730. The summed E-state index contributed by atoms with van der Waals surface area (Å²) in [7, 11) is 0. The Labute approximate surface area is 103 Å². The van der Waals surface area contributed by atoms with Crippen molar-refractivity contribution in [1.82, 2.24) is 4.90 Å². The van der Waals surface area contributed by atoms with E-state index in [-0.39, 0.29) is 0 Å². The van der Waals surface area contributed by atoms with Gasteiger partial charge in [-0.25, -0.2) is 0 Å². The second kappa shape index (κ2) is 5.55. The van der Waals surface area contributed by atoms with Crippen LogP contribution in [-0.2, 0) is 6.54 Å². The molecule has 0 atom stereocenters. The second-order valence-corrected chi connectivity index (χ2v) is 5.12. The zero-order chi connectivity index (χ0) is 12.3. The van der Waals surface area contributed by atoms with Crippen molar-refractivity contribution in [2.45, 2.75) is 46.3 Å². The van der Waals surface area contributed by atoms with Crippen LogP contribution in [0.3, 0.4) is 0 Å². The van der Waals surface area contributed by atoms with E-state index in [0.717, 1.165) is 22.8 Å². The smallest absolute Gasteiger partial charge is 0.0452 e. The van der Waals surface area contributed by atoms with Crippen LogP contribution in [0.15, 0.2) is 18.2 Å². The van der Waals surface area contributed by atoms with Crippen molar-refractivity contribution in [3.63, 3.8) is 0 Å². The van der Waals surface area contributed by atoms with Crippen molar-refractivity contribution in [2.75, 3.05) is 5.73 Å². The number of nitrogens with zero attached hydrogens (tertiary/aromatic N) is 1. The third-order valence-corrected chi connectivity index (χ3v) is 3.12. The predicted molar refractivity (Wildman–Crippen MR) is 71.7 cm³/mol. The number of nitrogens with two attached hydrogens (primary N) is 1. The van der Waals surface area contributed by atoms with E-state index in [1.807, 2.05) is 18.2 Å². The topological polar surface area (TPSA) is 29.3 Å². The molecular formula is C13H21ClN2. The molecule has 0 aliphatic rings. The van der Waals surface area contributed by atoms with E-state index in [1.165, 1.54) is 0 Å². The van der Waals surface area contributed by atoms with Crippen LogP contribution in [-0.4, -0.2) is 17.0 Å². The summed E-state index contributed by atoms with van der Waals surface area (Å²) in [5.74, 6) is 0. The molecule has 0 bridgehead atoms. The van der Waals surface area contributed by atoms with Crippen LogP contribution in [0.1, 0.15) is 33.3 Å². The Morgan fingerprint density at radius 1 is 1.19 bits per heavy atom. The minimum absolute atomic E-state index is 0.498.